The van der Waals surface area contributed by atoms with E-state index in [1.807, 2.05) is 0 Å². The molecule has 18 heavy (non-hydrogen) atoms. The molecule has 1 aliphatic rings. The Morgan fingerprint density at radius 1 is 1.33 bits per heavy atom. The van der Waals surface area contributed by atoms with Crippen molar-refractivity contribution < 1.29 is 31.1 Å². The molecule has 0 atom stereocenters. The third kappa shape index (κ3) is 3.84. The molecule has 1 fully saturated rings. The normalized spacial score (nSPS) is 22.4. The first kappa shape index (κ1) is 15.2. The number of hydrogen-bond acceptors (Lipinski definition) is 5. The minimum Gasteiger partial charge on any atom is -0.468 e. The lowest BCUT2D eigenvalue weighted by Gasteiger charge is -2.35. The van der Waals surface area contributed by atoms with Crippen LogP contribution in [0.25, 0.3) is 0 Å². The third-order valence-corrected chi connectivity index (χ3v) is 4.54. The highest BCUT2D eigenvalue weighted by molar-refractivity contribution is 7.91. The van der Waals surface area contributed by atoms with E-state index in [1.54, 1.807) is 0 Å². The van der Waals surface area contributed by atoms with Gasteiger partial charge in [0.25, 0.3) is 0 Å². The zero-order valence-corrected chi connectivity index (χ0v) is 10.5. The largest absolute Gasteiger partial charge is 0.468 e. The first-order valence-corrected chi connectivity index (χ1v) is 7.03. The summed E-state index contributed by atoms with van der Waals surface area (Å²) in [6, 6.07) is 0. The number of hydrogen-bond donors (Lipinski definition) is 1. The van der Waals surface area contributed by atoms with Crippen molar-refractivity contribution in [2.24, 2.45) is 0 Å². The summed E-state index contributed by atoms with van der Waals surface area (Å²) in [5, 5.41) is 2.10. The van der Waals surface area contributed by atoms with E-state index < -0.39 is 34.1 Å². The van der Waals surface area contributed by atoms with Crippen LogP contribution in [-0.2, 0) is 19.4 Å². The van der Waals surface area contributed by atoms with Crippen molar-refractivity contribution >= 4 is 15.8 Å². The summed E-state index contributed by atoms with van der Waals surface area (Å²) in [6.45, 7) is -1.36. The van der Waals surface area contributed by atoms with Crippen LogP contribution in [0.5, 0.6) is 0 Å². The van der Waals surface area contributed by atoms with Crippen LogP contribution in [0.3, 0.4) is 0 Å². The topological polar surface area (TPSA) is 72.5 Å². The van der Waals surface area contributed by atoms with E-state index in [2.05, 4.69) is 10.1 Å². The number of methoxy groups -OCH3 is 1. The lowest BCUT2D eigenvalue weighted by atomic mass is 9.92. The summed E-state index contributed by atoms with van der Waals surface area (Å²) in [7, 11) is -2.22. The van der Waals surface area contributed by atoms with E-state index in [-0.39, 0.29) is 24.3 Å². The summed E-state index contributed by atoms with van der Waals surface area (Å²) < 4.78 is 63.5. The fourth-order valence-corrected chi connectivity index (χ4v) is 3.33. The molecular formula is C9H14F3NO4S. The van der Waals surface area contributed by atoms with Gasteiger partial charge in [0.05, 0.1) is 25.2 Å². The van der Waals surface area contributed by atoms with E-state index in [0.29, 0.717) is 0 Å². The van der Waals surface area contributed by atoms with Gasteiger partial charge in [-0.1, -0.05) is 0 Å². The van der Waals surface area contributed by atoms with Crippen molar-refractivity contribution in [3.8, 4) is 0 Å². The van der Waals surface area contributed by atoms with Gasteiger partial charge in [0.1, 0.15) is 15.4 Å². The second-order valence-electron chi connectivity index (χ2n) is 4.19. The predicted molar refractivity (Wildman–Crippen MR) is 56.7 cm³/mol. The predicted octanol–water partition coefficient (Wildman–Crippen LogP) is 0.259. The van der Waals surface area contributed by atoms with Crippen molar-refractivity contribution in [3.05, 3.63) is 0 Å². The molecule has 1 rings (SSSR count). The van der Waals surface area contributed by atoms with Crippen LogP contribution in [0, 0.1) is 0 Å². The minimum atomic E-state index is -4.47. The number of carbonyl (C=O) groups excluding carboxylic acids is 1. The van der Waals surface area contributed by atoms with Crippen molar-refractivity contribution in [2.45, 2.75) is 24.6 Å². The van der Waals surface area contributed by atoms with Crippen LogP contribution in [-0.4, -0.2) is 51.3 Å². The zero-order chi connectivity index (χ0) is 14.0. The van der Waals surface area contributed by atoms with Crippen LogP contribution in [0.1, 0.15) is 12.8 Å². The summed E-state index contributed by atoms with van der Waals surface area (Å²) in [4.78, 5) is 11.6. The van der Waals surface area contributed by atoms with Crippen LogP contribution in [0.15, 0.2) is 0 Å². The molecule has 1 heterocycles. The Labute approximate surface area is 103 Å². The molecule has 0 aromatic heterocycles. The summed E-state index contributed by atoms with van der Waals surface area (Å²) >= 11 is 0. The van der Waals surface area contributed by atoms with Crippen molar-refractivity contribution in [2.75, 3.05) is 25.2 Å². The molecule has 9 heteroatoms. The monoisotopic (exact) mass is 289 g/mol. The van der Waals surface area contributed by atoms with Crippen molar-refractivity contribution in [1.82, 2.24) is 5.32 Å². The van der Waals surface area contributed by atoms with Gasteiger partial charge in [-0.2, -0.15) is 13.2 Å². The Morgan fingerprint density at radius 3 is 2.22 bits per heavy atom. The molecule has 0 saturated carbocycles. The highest BCUT2D eigenvalue weighted by atomic mass is 32.2. The Bertz CT molecular complexity index is 404. The lowest BCUT2D eigenvalue weighted by Crippen LogP contribution is -2.58. The highest BCUT2D eigenvalue weighted by Crippen LogP contribution is 2.26. The number of sulfone groups is 1. The summed E-state index contributed by atoms with van der Waals surface area (Å²) in [6.07, 6.45) is -4.90. The molecule has 0 unspecified atom stereocenters. The number of alkyl halides is 3. The molecule has 0 radical (unpaired) electrons. The van der Waals surface area contributed by atoms with Crippen LogP contribution in [0.4, 0.5) is 13.2 Å². The number of nitrogens with one attached hydrogen (secondary N) is 1. The van der Waals surface area contributed by atoms with Gasteiger partial charge in [-0.3, -0.25) is 10.1 Å². The standard InChI is InChI=1S/C9H14F3NO4S/c1-17-7(14)8(13-6-9(10,11)12)2-4-18(15,16)5-3-8/h13H,2-6H2,1H3. The zero-order valence-electron chi connectivity index (χ0n) is 9.71. The van der Waals surface area contributed by atoms with Crippen LogP contribution in [0.2, 0.25) is 0 Å². The van der Waals surface area contributed by atoms with Gasteiger partial charge < -0.3 is 4.74 Å². The molecule has 0 spiro atoms. The van der Waals surface area contributed by atoms with Gasteiger partial charge in [-0.05, 0) is 12.8 Å². The number of carbonyl (C=O) groups is 1. The number of esters is 1. The van der Waals surface area contributed by atoms with E-state index in [4.69, 9.17) is 0 Å². The van der Waals surface area contributed by atoms with E-state index in [9.17, 15) is 26.4 Å². The fraction of sp³-hybridized carbons (Fsp3) is 0.889. The van der Waals surface area contributed by atoms with Crippen LogP contribution >= 0.6 is 0 Å². The first-order chi connectivity index (χ1) is 8.10. The Kier molecular flexibility index (Phi) is 4.26. The van der Waals surface area contributed by atoms with E-state index in [0.717, 1.165) is 7.11 Å². The second kappa shape index (κ2) is 5.04. The van der Waals surface area contributed by atoms with Gasteiger partial charge >= 0.3 is 12.1 Å². The van der Waals surface area contributed by atoms with E-state index >= 15 is 0 Å². The number of halogens is 3. The molecule has 1 aliphatic heterocycles. The van der Waals surface area contributed by atoms with Crippen molar-refractivity contribution in [1.29, 1.82) is 0 Å². The quantitative estimate of drug-likeness (QED) is 0.755. The average Bonchev–Trinajstić information content (AvgIpc) is 2.26. The molecule has 106 valence electrons. The lowest BCUT2D eigenvalue weighted by molar-refractivity contribution is -0.154. The summed E-state index contributed by atoms with van der Waals surface area (Å²) in [5.74, 6) is -1.51. The molecule has 0 amide bonds. The second-order valence-corrected chi connectivity index (χ2v) is 6.50. The highest BCUT2D eigenvalue weighted by Gasteiger charge is 2.46. The molecule has 0 aliphatic carbocycles. The maximum Gasteiger partial charge on any atom is 0.401 e. The van der Waals surface area contributed by atoms with Gasteiger partial charge in [0, 0.05) is 0 Å². The maximum absolute atomic E-state index is 12.2. The minimum absolute atomic E-state index is 0.210. The molecule has 0 bridgehead atoms. The molecule has 5 nitrogen and oxygen atoms in total. The Balaban J connectivity index is 2.82. The van der Waals surface area contributed by atoms with Gasteiger partial charge in [-0.25, -0.2) is 8.42 Å². The smallest absolute Gasteiger partial charge is 0.401 e. The summed E-state index contributed by atoms with van der Waals surface area (Å²) in [5.41, 5.74) is -1.56. The van der Waals surface area contributed by atoms with Crippen LogP contribution < -0.4 is 5.32 Å². The molecule has 1 N–H and O–H groups in total. The van der Waals surface area contributed by atoms with Gasteiger partial charge in [0.2, 0.25) is 0 Å². The maximum atomic E-state index is 12.2. The van der Waals surface area contributed by atoms with Gasteiger partial charge in [-0.15, -0.1) is 0 Å². The first-order valence-electron chi connectivity index (χ1n) is 5.21. The third-order valence-electron chi connectivity index (χ3n) is 2.88. The number of ether oxygens (including phenoxy) is 1. The number of rotatable bonds is 3. The molecule has 0 aromatic carbocycles. The van der Waals surface area contributed by atoms with Gasteiger partial charge in [0.15, 0.2) is 0 Å². The van der Waals surface area contributed by atoms with Crippen molar-refractivity contribution in [3.63, 3.8) is 0 Å². The Hall–Kier alpha value is -0.830. The fourth-order valence-electron chi connectivity index (χ4n) is 1.80. The SMILES string of the molecule is COC(=O)C1(NCC(F)(F)F)CCS(=O)(=O)CC1. The van der Waals surface area contributed by atoms with E-state index in [1.165, 1.54) is 0 Å². The molecular weight excluding hydrogens is 275 g/mol. The Morgan fingerprint density at radius 2 is 1.83 bits per heavy atom. The molecule has 1 saturated heterocycles. The molecule has 0 aromatic rings. The average molecular weight is 289 g/mol.